The standard InChI is InChI=1S/C29H31N3O6/c30-28(37)25(18-20-8-13-23(33)14-9-20)32-29(38)24(15-17-27(35)36)31-26(34)16-10-19-6-11-22(12-7-19)21-4-2-1-3-5-21/h1-9,11-14,24-25,33H,10,15-18H2,(H2,30,37)(H,31,34)(H,32,38)(H,35,36)/t24-,25-/m0/s1. The lowest BCUT2D eigenvalue weighted by Crippen LogP contribution is -2.53. The van der Waals surface area contributed by atoms with Crippen molar-refractivity contribution in [1.29, 1.82) is 0 Å². The number of rotatable bonds is 13. The highest BCUT2D eigenvalue weighted by atomic mass is 16.4. The number of amides is 3. The van der Waals surface area contributed by atoms with E-state index in [4.69, 9.17) is 10.8 Å². The van der Waals surface area contributed by atoms with E-state index in [0.717, 1.165) is 16.7 Å². The molecule has 0 aliphatic heterocycles. The Morgan fingerprint density at radius 1 is 0.737 bits per heavy atom. The first-order chi connectivity index (χ1) is 18.2. The molecule has 0 spiro atoms. The smallest absolute Gasteiger partial charge is 0.303 e. The van der Waals surface area contributed by atoms with Gasteiger partial charge in [0.1, 0.15) is 17.8 Å². The first kappa shape index (κ1) is 27.9. The van der Waals surface area contributed by atoms with Gasteiger partial charge in [-0.25, -0.2) is 0 Å². The van der Waals surface area contributed by atoms with Crippen molar-refractivity contribution in [2.45, 2.75) is 44.2 Å². The maximum Gasteiger partial charge on any atom is 0.303 e. The van der Waals surface area contributed by atoms with Crippen LogP contribution in [0.4, 0.5) is 0 Å². The summed E-state index contributed by atoms with van der Waals surface area (Å²) in [5, 5.41) is 23.6. The number of nitrogens with one attached hydrogen (secondary N) is 2. The van der Waals surface area contributed by atoms with Crippen LogP contribution in [0, 0.1) is 0 Å². The Bertz CT molecular complexity index is 1240. The van der Waals surface area contributed by atoms with Crippen molar-refractivity contribution in [3.8, 4) is 16.9 Å². The highest BCUT2D eigenvalue weighted by Gasteiger charge is 2.26. The molecule has 198 valence electrons. The number of hydrogen-bond acceptors (Lipinski definition) is 5. The molecule has 3 amide bonds. The zero-order chi connectivity index (χ0) is 27.5. The van der Waals surface area contributed by atoms with Gasteiger partial charge in [0.2, 0.25) is 17.7 Å². The number of phenolic OH excluding ortho intramolecular Hbond substituents is 1. The van der Waals surface area contributed by atoms with Crippen LogP contribution < -0.4 is 16.4 Å². The summed E-state index contributed by atoms with van der Waals surface area (Å²) in [6.45, 7) is 0. The minimum Gasteiger partial charge on any atom is -0.508 e. The summed E-state index contributed by atoms with van der Waals surface area (Å²) in [5.74, 6) is -2.97. The average Bonchev–Trinajstić information content (AvgIpc) is 2.91. The highest BCUT2D eigenvalue weighted by Crippen LogP contribution is 2.19. The molecule has 0 saturated heterocycles. The third kappa shape index (κ3) is 8.77. The summed E-state index contributed by atoms with van der Waals surface area (Å²) in [5.41, 5.74) is 9.19. The maximum absolute atomic E-state index is 12.9. The van der Waals surface area contributed by atoms with Crippen LogP contribution in [-0.4, -0.2) is 46.0 Å². The van der Waals surface area contributed by atoms with Gasteiger partial charge in [-0.15, -0.1) is 0 Å². The van der Waals surface area contributed by atoms with Crippen LogP contribution in [-0.2, 0) is 32.0 Å². The van der Waals surface area contributed by atoms with E-state index in [1.807, 2.05) is 54.6 Å². The Labute approximate surface area is 220 Å². The maximum atomic E-state index is 12.9. The quantitative estimate of drug-likeness (QED) is 0.234. The third-order valence-electron chi connectivity index (χ3n) is 6.04. The molecule has 0 heterocycles. The topological polar surface area (TPSA) is 159 Å². The van der Waals surface area contributed by atoms with E-state index in [1.165, 1.54) is 12.1 Å². The second-order valence-corrected chi connectivity index (χ2v) is 8.95. The number of primary amides is 1. The van der Waals surface area contributed by atoms with Gasteiger partial charge < -0.3 is 26.6 Å². The number of phenols is 1. The van der Waals surface area contributed by atoms with Gasteiger partial charge in [0.05, 0.1) is 0 Å². The monoisotopic (exact) mass is 517 g/mol. The fraction of sp³-hybridized carbons (Fsp3) is 0.241. The van der Waals surface area contributed by atoms with Crippen LogP contribution in [0.5, 0.6) is 5.75 Å². The van der Waals surface area contributed by atoms with Crippen LogP contribution in [0.3, 0.4) is 0 Å². The van der Waals surface area contributed by atoms with Crippen molar-refractivity contribution in [2.75, 3.05) is 0 Å². The highest BCUT2D eigenvalue weighted by molar-refractivity contribution is 5.92. The van der Waals surface area contributed by atoms with Crippen LogP contribution >= 0.6 is 0 Å². The van der Waals surface area contributed by atoms with Crippen LogP contribution in [0.1, 0.15) is 30.4 Å². The molecular weight excluding hydrogens is 486 g/mol. The third-order valence-corrected chi connectivity index (χ3v) is 6.04. The molecule has 2 atom stereocenters. The molecule has 0 saturated carbocycles. The lowest BCUT2D eigenvalue weighted by Gasteiger charge is -2.22. The summed E-state index contributed by atoms with van der Waals surface area (Å²) < 4.78 is 0. The molecule has 3 aromatic rings. The molecule has 0 radical (unpaired) electrons. The van der Waals surface area contributed by atoms with Gasteiger partial charge in [-0.2, -0.15) is 0 Å². The number of benzene rings is 3. The summed E-state index contributed by atoms with van der Waals surface area (Å²) in [7, 11) is 0. The van der Waals surface area contributed by atoms with Crippen molar-refractivity contribution in [1.82, 2.24) is 10.6 Å². The second kappa shape index (κ2) is 13.6. The number of carboxylic acid groups (broad SMARTS) is 1. The van der Waals surface area contributed by atoms with Crippen molar-refractivity contribution in [3.63, 3.8) is 0 Å². The minimum atomic E-state index is -1.15. The number of aryl methyl sites for hydroxylation is 1. The molecule has 0 unspecified atom stereocenters. The summed E-state index contributed by atoms with van der Waals surface area (Å²) in [4.78, 5) is 48.7. The van der Waals surface area contributed by atoms with E-state index in [2.05, 4.69) is 10.6 Å². The second-order valence-electron chi connectivity index (χ2n) is 8.95. The van der Waals surface area contributed by atoms with E-state index < -0.39 is 35.8 Å². The lowest BCUT2D eigenvalue weighted by atomic mass is 10.0. The van der Waals surface area contributed by atoms with Gasteiger partial charge in [-0.05, 0) is 47.2 Å². The molecule has 0 aliphatic rings. The number of hydrogen-bond donors (Lipinski definition) is 5. The van der Waals surface area contributed by atoms with Crippen molar-refractivity contribution in [3.05, 3.63) is 90.0 Å². The predicted molar refractivity (Wildman–Crippen MR) is 142 cm³/mol. The number of carbonyl (C=O) groups excluding carboxylic acids is 3. The minimum absolute atomic E-state index is 0.0528. The van der Waals surface area contributed by atoms with Crippen molar-refractivity contribution in [2.24, 2.45) is 5.73 Å². The predicted octanol–water partition coefficient (Wildman–Crippen LogP) is 2.55. The zero-order valence-corrected chi connectivity index (χ0v) is 20.8. The van der Waals surface area contributed by atoms with E-state index >= 15 is 0 Å². The molecule has 0 fully saturated rings. The molecular formula is C29H31N3O6. The van der Waals surface area contributed by atoms with E-state index in [0.29, 0.717) is 12.0 Å². The zero-order valence-electron chi connectivity index (χ0n) is 20.8. The molecule has 0 aromatic heterocycles. The van der Waals surface area contributed by atoms with Crippen LogP contribution in [0.2, 0.25) is 0 Å². The van der Waals surface area contributed by atoms with Crippen LogP contribution in [0.15, 0.2) is 78.9 Å². The number of aromatic hydroxyl groups is 1. The van der Waals surface area contributed by atoms with Crippen LogP contribution in [0.25, 0.3) is 11.1 Å². The van der Waals surface area contributed by atoms with E-state index in [1.54, 1.807) is 12.1 Å². The largest absolute Gasteiger partial charge is 0.508 e. The fourth-order valence-electron chi connectivity index (χ4n) is 3.92. The molecule has 38 heavy (non-hydrogen) atoms. The first-order valence-corrected chi connectivity index (χ1v) is 12.2. The number of carboxylic acids is 1. The summed E-state index contributed by atoms with van der Waals surface area (Å²) in [6, 6.07) is 21.6. The van der Waals surface area contributed by atoms with Gasteiger partial charge in [0, 0.05) is 19.3 Å². The Balaban J connectivity index is 1.59. The Kier molecular flexibility index (Phi) is 9.99. The fourth-order valence-corrected chi connectivity index (χ4v) is 3.92. The number of nitrogens with two attached hydrogens (primary N) is 1. The molecule has 9 heteroatoms. The van der Waals surface area contributed by atoms with E-state index in [-0.39, 0.29) is 31.4 Å². The lowest BCUT2D eigenvalue weighted by molar-refractivity contribution is -0.138. The summed E-state index contributed by atoms with van der Waals surface area (Å²) >= 11 is 0. The number of carbonyl (C=O) groups is 4. The van der Waals surface area contributed by atoms with Gasteiger partial charge >= 0.3 is 5.97 Å². The number of aliphatic carboxylic acids is 1. The van der Waals surface area contributed by atoms with E-state index in [9.17, 15) is 24.3 Å². The Hall–Kier alpha value is -4.66. The molecule has 0 aliphatic carbocycles. The summed E-state index contributed by atoms with van der Waals surface area (Å²) in [6.07, 6.45) is 0.0923. The normalized spacial score (nSPS) is 12.2. The Morgan fingerprint density at radius 3 is 1.95 bits per heavy atom. The molecule has 3 aromatic carbocycles. The van der Waals surface area contributed by atoms with Gasteiger partial charge in [0.15, 0.2) is 0 Å². The average molecular weight is 518 g/mol. The molecule has 9 nitrogen and oxygen atoms in total. The Morgan fingerprint density at radius 2 is 1.34 bits per heavy atom. The molecule has 0 bridgehead atoms. The van der Waals surface area contributed by atoms with Crippen molar-refractivity contribution < 1.29 is 29.4 Å². The molecule has 6 N–H and O–H groups in total. The van der Waals surface area contributed by atoms with Crippen molar-refractivity contribution >= 4 is 23.7 Å². The SMILES string of the molecule is NC(=O)[C@H](Cc1ccc(O)cc1)NC(=O)[C@H](CCC(=O)O)NC(=O)CCc1ccc(-c2ccccc2)cc1. The molecule has 3 rings (SSSR count). The van der Waals surface area contributed by atoms with Gasteiger partial charge in [-0.3, -0.25) is 19.2 Å². The van der Waals surface area contributed by atoms with Gasteiger partial charge in [-0.1, -0.05) is 66.7 Å². The first-order valence-electron chi connectivity index (χ1n) is 12.2. The van der Waals surface area contributed by atoms with Gasteiger partial charge in [0.25, 0.3) is 0 Å².